The second-order valence-corrected chi connectivity index (χ2v) is 10.8. The van der Waals surface area contributed by atoms with E-state index in [1.165, 1.54) is 6.20 Å². The van der Waals surface area contributed by atoms with Gasteiger partial charge in [-0.3, -0.25) is 0 Å². The first-order chi connectivity index (χ1) is 18.0. The van der Waals surface area contributed by atoms with Crippen molar-refractivity contribution >= 4 is 17.5 Å². The molecule has 38 heavy (non-hydrogen) atoms. The minimum absolute atomic E-state index is 0.0300. The van der Waals surface area contributed by atoms with Crippen LogP contribution in [-0.2, 0) is 9.57 Å². The van der Waals surface area contributed by atoms with Crippen molar-refractivity contribution in [3.8, 4) is 11.3 Å². The molecule has 2 aliphatic rings. The van der Waals surface area contributed by atoms with Crippen molar-refractivity contribution in [3.05, 3.63) is 35.8 Å². The Morgan fingerprint density at radius 2 is 1.82 bits per heavy atom. The first-order valence-corrected chi connectivity index (χ1v) is 13.2. The van der Waals surface area contributed by atoms with E-state index in [1.807, 2.05) is 13.8 Å². The van der Waals surface area contributed by atoms with Crippen LogP contribution >= 0.6 is 11.8 Å². The average molecular weight is 561 g/mol. The molecule has 0 aliphatic carbocycles. The molecular formula is C24H31F3N4O6S. The fourth-order valence-corrected chi connectivity index (χ4v) is 6.73. The highest BCUT2D eigenvalue weighted by Crippen LogP contribution is 2.44. The van der Waals surface area contributed by atoms with Gasteiger partial charge >= 0.3 is 0 Å². The van der Waals surface area contributed by atoms with Crippen LogP contribution in [0.5, 0.6) is 0 Å². The molecule has 0 spiro atoms. The predicted molar refractivity (Wildman–Crippen MR) is 132 cm³/mol. The number of rotatable bonds is 9. The lowest BCUT2D eigenvalue weighted by Crippen LogP contribution is -2.57. The van der Waals surface area contributed by atoms with Crippen LogP contribution in [0.3, 0.4) is 0 Å². The summed E-state index contributed by atoms with van der Waals surface area (Å²) in [4.78, 5) is 5.25. The van der Waals surface area contributed by atoms with Crippen LogP contribution in [0.4, 0.5) is 13.2 Å². The predicted octanol–water partition coefficient (Wildman–Crippen LogP) is 2.02. The number of halogens is 3. The molecule has 10 nitrogen and oxygen atoms in total. The van der Waals surface area contributed by atoms with Gasteiger partial charge in [0.1, 0.15) is 42.1 Å². The molecule has 1 aromatic heterocycles. The number of ether oxygens (including phenoxy) is 1. The van der Waals surface area contributed by atoms with E-state index >= 15 is 0 Å². The molecule has 7 atom stereocenters. The number of hydrogen-bond donors (Lipinski definition) is 4. The maximum Gasteiger partial charge on any atom is 0.194 e. The highest BCUT2D eigenvalue weighted by molar-refractivity contribution is 8.00. The third-order valence-electron chi connectivity index (χ3n) is 7.34. The van der Waals surface area contributed by atoms with E-state index in [2.05, 4.69) is 15.5 Å². The van der Waals surface area contributed by atoms with E-state index in [4.69, 9.17) is 9.57 Å². The molecule has 2 aromatic rings. The summed E-state index contributed by atoms with van der Waals surface area (Å²) in [6.07, 6.45) is -1.91. The Hall–Kier alpha value is -2.23. The van der Waals surface area contributed by atoms with Crippen molar-refractivity contribution in [1.29, 1.82) is 0 Å². The third kappa shape index (κ3) is 5.29. The van der Waals surface area contributed by atoms with Gasteiger partial charge in [-0.05, 0) is 31.9 Å². The van der Waals surface area contributed by atoms with Crippen LogP contribution in [0, 0.1) is 23.4 Å². The smallest absolute Gasteiger partial charge is 0.194 e. The second-order valence-electron chi connectivity index (χ2n) is 9.54. The Balaban J connectivity index is 1.66. The molecule has 0 amide bonds. The van der Waals surface area contributed by atoms with E-state index in [1.54, 1.807) is 6.92 Å². The standard InChI is InChI=1S/C24H31F3N4O6S/c1-4-24(35,5-2)22(13-10-36-29-11(13)3)38-23-21(34)19(20(33)17(9-32)37-23)31-8-16(28-30-31)12-6-14(25)18(27)15(26)7-12/h6-8,13,17,19-23,32-35H,4-5,9-10H2,1-3H3/t13?,17-,19+,20+,21-,22-,23+/m1/s1. The molecular weight excluding hydrogens is 529 g/mol. The molecule has 1 saturated heterocycles. The van der Waals surface area contributed by atoms with Gasteiger partial charge < -0.3 is 30.0 Å². The van der Waals surface area contributed by atoms with Crippen molar-refractivity contribution in [2.24, 2.45) is 11.1 Å². The van der Waals surface area contributed by atoms with Gasteiger partial charge in [0.25, 0.3) is 0 Å². The minimum Gasteiger partial charge on any atom is -0.395 e. The van der Waals surface area contributed by atoms with Crippen molar-refractivity contribution in [2.75, 3.05) is 13.2 Å². The van der Waals surface area contributed by atoms with Crippen LogP contribution in [0.25, 0.3) is 11.3 Å². The lowest BCUT2D eigenvalue weighted by atomic mass is 9.84. The minimum atomic E-state index is -1.62. The van der Waals surface area contributed by atoms with Gasteiger partial charge in [-0.2, -0.15) is 0 Å². The number of aromatic nitrogens is 3. The topological polar surface area (TPSA) is 142 Å². The van der Waals surface area contributed by atoms with Gasteiger partial charge in [0.2, 0.25) is 0 Å². The Morgan fingerprint density at radius 3 is 2.37 bits per heavy atom. The zero-order chi connectivity index (χ0) is 27.8. The zero-order valence-corrected chi connectivity index (χ0v) is 21.9. The maximum atomic E-state index is 13.8. The number of nitrogens with zero attached hydrogens (tertiary/aromatic N) is 4. The Kier molecular flexibility index (Phi) is 8.69. The molecule has 1 fully saturated rings. The quantitative estimate of drug-likeness (QED) is 0.339. The number of hydrogen-bond acceptors (Lipinski definition) is 10. The number of thioether (sulfide) groups is 1. The van der Waals surface area contributed by atoms with Crippen LogP contribution in [0.2, 0.25) is 0 Å². The first kappa shape index (κ1) is 28.8. The molecule has 2 aliphatic heterocycles. The van der Waals surface area contributed by atoms with Crippen molar-refractivity contribution in [1.82, 2.24) is 15.0 Å². The molecule has 0 bridgehead atoms. The fourth-order valence-electron chi connectivity index (χ4n) is 4.86. The molecule has 0 radical (unpaired) electrons. The molecule has 4 rings (SSSR count). The van der Waals surface area contributed by atoms with Crippen LogP contribution in [0.1, 0.15) is 39.7 Å². The van der Waals surface area contributed by atoms with E-state index in [0.717, 1.165) is 28.6 Å². The van der Waals surface area contributed by atoms with Gasteiger partial charge in [0.05, 0.1) is 30.0 Å². The normalized spacial score (nSPS) is 28.7. The largest absolute Gasteiger partial charge is 0.395 e. The van der Waals surface area contributed by atoms with Gasteiger partial charge in [-0.15, -0.1) is 16.9 Å². The summed E-state index contributed by atoms with van der Waals surface area (Å²) in [6.45, 7) is 5.13. The summed E-state index contributed by atoms with van der Waals surface area (Å²) in [5.74, 6) is -4.71. The molecule has 14 heteroatoms. The Morgan fingerprint density at radius 1 is 1.16 bits per heavy atom. The molecule has 4 N–H and O–H groups in total. The number of oxime groups is 1. The first-order valence-electron chi connectivity index (χ1n) is 12.3. The molecule has 1 aromatic carbocycles. The second kappa shape index (κ2) is 11.5. The van der Waals surface area contributed by atoms with Crippen LogP contribution in [0.15, 0.2) is 23.5 Å². The summed E-state index contributed by atoms with van der Waals surface area (Å²) < 4.78 is 47.9. The summed E-state index contributed by atoms with van der Waals surface area (Å²) in [5, 5.41) is 54.9. The molecule has 1 unspecified atom stereocenters. The number of aliphatic hydroxyl groups is 4. The van der Waals surface area contributed by atoms with E-state index < -0.39 is 64.7 Å². The monoisotopic (exact) mass is 560 g/mol. The highest BCUT2D eigenvalue weighted by Gasteiger charge is 2.51. The summed E-state index contributed by atoms with van der Waals surface area (Å²) in [7, 11) is 0. The third-order valence-corrected chi connectivity index (χ3v) is 9.06. The SMILES string of the molecule is CCC(O)(CC)[C@H](S[C@@H]1O[C@H](CO)[C@H](O)[C@H](n2cc(-c3cc(F)c(F)c(F)c3)nn2)[C@H]1O)C1CON=C1C. The van der Waals surface area contributed by atoms with Crippen molar-refractivity contribution in [3.63, 3.8) is 0 Å². The highest BCUT2D eigenvalue weighted by atomic mass is 32.2. The van der Waals surface area contributed by atoms with E-state index in [9.17, 15) is 33.6 Å². The molecule has 210 valence electrons. The van der Waals surface area contributed by atoms with Crippen molar-refractivity contribution < 1.29 is 43.2 Å². The molecule has 3 heterocycles. The number of aliphatic hydroxyl groups excluding tert-OH is 3. The summed E-state index contributed by atoms with van der Waals surface area (Å²) in [5.41, 5.74) is -1.64. The van der Waals surface area contributed by atoms with Gasteiger partial charge in [0, 0.05) is 10.8 Å². The summed E-state index contributed by atoms with van der Waals surface area (Å²) >= 11 is 1.15. The Labute approximate surface area is 221 Å². The van der Waals surface area contributed by atoms with Crippen LogP contribution in [-0.4, -0.2) is 88.9 Å². The van der Waals surface area contributed by atoms with E-state index in [-0.39, 0.29) is 23.8 Å². The fraction of sp³-hybridized carbons (Fsp3) is 0.625. The van der Waals surface area contributed by atoms with E-state index in [0.29, 0.717) is 18.6 Å². The number of benzene rings is 1. The summed E-state index contributed by atoms with van der Waals surface area (Å²) in [6, 6.07) is 0.335. The van der Waals surface area contributed by atoms with Gasteiger partial charge in [0.15, 0.2) is 17.5 Å². The zero-order valence-electron chi connectivity index (χ0n) is 21.0. The van der Waals surface area contributed by atoms with Gasteiger partial charge in [-0.25, -0.2) is 17.9 Å². The Bertz CT molecular complexity index is 1140. The lowest BCUT2D eigenvalue weighted by Gasteiger charge is -2.45. The lowest BCUT2D eigenvalue weighted by molar-refractivity contribution is -0.179. The molecule has 0 saturated carbocycles. The van der Waals surface area contributed by atoms with Crippen LogP contribution < -0.4 is 0 Å². The van der Waals surface area contributed by atoms with Crippen molar-refractivity contribution in [2.45, 2.75) is 74.3 Å². The average Bonchev–Trinajstić information content (AvgIpc) is 3.55. The van der Waals surface area contributed by atoms with Gasteiger partial charge in [-0.1, -0.05) is 24.2 Å². The maximum absolute atomic E-state index is 13.8.